The summed E-state index contributed by atoms with van der Waals surface area (Å²) in [5.41, 5.74) is -0.00953. The lowest BCUT2D eigenvalue weighted by molar-refractivity contribution is -0.380. The van der Waals surface area contributed by atoms with Gasteiger partial charge in [-0.05, 0) is 42.5 Å². The maximum atomic E-state index is 12.2. The molecule has 1 N–H and O–H groups in total. The van der Waals surface area contributed by atoms with E-state index in [9.17, 15) is 19.7 Å². The Hall–Kier alpha value is -2.59. The van der Waals surface area contributed by atoms with Crippen LogP contribution in [0.2, 0.25) is 0 Å². The van der Waals surface area contributed by atoms with Crippen LogP contribution in [0.1, 0.15) is 23.7 Å². The summed E-state index contributed by atoms with van der Waals surface area (Å²) in [5.74, 6) is 0.228. The molecular formula is C17H18N2O6S2. The van der Waals surface area contributed by atoms with Gasteiger partial charge in [0, 0.05) is 23.1 Å². The van der Waals surface area contributed by atoms with Crippen molar-refractivity contribution in [1.29, 1.82) is 0 Å². The van der Waals surface area contributed by atoms with Crippen LogP contribution in [0.4, 0.5) is 10.0 Å². The van der Waals surface area contributed by atoms with Crippen LogP contribution in [0.25, 0.3) is 0 Å². The van der Waals surface area contributed by atoms with Crippen molar-refractivity contribution in [2.75, 3.05) is 24.8 Å². The number of thiophene rings is 1. The summed E-state index contributed by atoms with van der Waals surface area (Å²) in [4.78, 5) is 35.4. The summed E-state index contributed by atoms with van der Waals surface area (Å²) in [5, 5.41) is 13.4. The molecule has 0 atom stereocenters. The number of benzene rings is 1. The van der Waals surface area contributed by atoms with Crippen molar-refractivity contribution in [3.63, 3.8) is 0 Å². The quantitative estimate of drug-likeness (QED) is 0.288. The lowest BCUT2D eigenvalue weighted by Gasteiger charge is -2.06. The molecule has 1 aromatic carbocycles. The van der Waals surface area contributed by atoms with Crippen LogP contribution < -0.4 is 10.1 Å². The van der Waals surface area contributed by atoms with E-state index in [1.165, 1.54) is 11.8 Å². The van der Waals surface area contributed by atoms with E-state index < -0.39 is 10.9 Å². The van der Waals surface area contributed by atoms with Crippen molar-refractivity contribution in [2.24, 2.45) is 0 Å². The Balaban J connectivity index is 1.95. The minimum atomic E-state index is -0.704. The summed E-state index contributed by atoms with van der Waals surface area (Å²) in [6.07, 6.45) is 0.185. The van der Waals surface area contributed by atoms with Gasteiger partial charge in [0.2, 0.25) is 5.91 Å². The molecule has 1 heterocycles. The minimum absolute atomic E-state index is 0.00953. The molecule has 0 fully saturated rings. The van der Waals surface area contributed by atoms with Crippen LogP contribution in [0.3, 0.4) is 0 Å². The standard InChI is InChI=1S/C17H18N2O6S2/c1-3-25-17(21)13-10-15(19(22)23)27-16(13)18-14(20)8-9-26-12-6-4-11(24-2)5-7-12/h4-7,10H,3,8-9H2,1-2H3,(H,18,20). The highest BCUT2D eigenvalue weighted by atomic mass is 32.2. The molecule has 2 aromatic rings. The lowest BCUT2D eigenvalue weighted by Crippen LogP contribution is -2.14. The van der Waals surface area contributed by atoms with Gasteiger partial charge < -0.3 is 14.8 Å². The Morgan fingerprint density at radius 1 is 1.30 bits per heavy atom. The summed E-state index contributed by atoms with van der Waals surface area (Å²) in [6, 6.07) is 8.56. The summed E-state index contributed by atoms with van der Waals surface area (Å²) < 4.78 is 9.97. The molecule has 0 aliphatic carbocycles. The molecule has 0 saturated heterocycles. The predicted octanol–water partition coefficient (Wildman–Crippen LogP) is 3.96. The van der Waals surface area contributed by atoms with E-state index in [1.54, 1.807) is 14.0 Å². The van der Waals surface area contributed by atoms with E-state index in [4.69, 9.17) is 9.47 Å². The SMILES string of the molecule is CCOC(=O)c1cc([N+](=O)[O-])sc1NC(=O)CCSc1ccc(OC)cc1. The summed E-state index contributed by atoms with van der Waals surface area (Å²) in [7, 11) is 1.59. The van der Waals surface area contributed by atoms with Crippen LogP contribution in [0.5, 0.6) is 5.75 Å². The van der Waals surface area contributed by atoms with Crippen molar-refractivity contribution >= 4 is 45.0 Å². The number of hydrogen-bond acceptors (Lipinski definition) is 8. The van der Waals surface area contributed by atoms with E-state index in [-0.39, 0.29) is 34.5 Å². The highest BCUT2D eigenvalue weighted by molar-refractivity contribution is 7.99. The van der Waals surface area contributed by atoms with Gasteiger partial charge in [-0.25, -0.2) is 4.79 Å². The van der Waals surface area contributed by atoms with Crippen LogP contribution in [-0.4, -0.2) is 36.3 Å². The summed E-state index contributed by atoms with van der Waals surface area (Å²) >= 11 is 2.23. The Kier molecular flexibility index (Phi) is 7.62. The Morgan fingerprint density at radius 3 is 2.59 bits per heavy atom. The number of amides is 1. The highest BCUT2D eigenvalue weighted by Gasteiger charge is 2.23. The number of carbonyl (C=O) groups is 2. The van der Waals surface area contributed by atoms with Crippen molar-refractivity contribution in [1.82, 2.24) is 0 Å². The Bertz CT molecular complexity index is 819. The number of nitro groups is 1. The van der Waals surface area contributed by atoms with E-state index in [0.29, 0.717) is 5.75 Å². The molecule has 1 aromatic heterocycles. The monoisotopic (exact) mass is 410 g/mol. The fourth-order valence-corrected chi connectivity index (χ4v) is 3.77. The molecule has 1 amide bonds. The van der Waals surface area contributed by atoms with Crippen molar-refractivity contribution in [3.8, 4) is 5.75 Å². The zero-order valence-electron chi connectivity index (χ0n) is 14.7. The van der Waals surface area contributed by atoms with Gasteiger partial charge in [-0.15, -0.1) is 11.8 Å². The number of nitrogens with zero attached hydrogens (tertiary/aromatic N) is 1. The maximum absolute atomic E-state index is 12.2. The second-order valence-electron chi connectivity index (χ2n) is 5.13. The molecule has 0 bridgehead atoms. The minimum Gasteiger partial charge on any atom is -0.497 e. The van der Waals surface area contributed by atoms with Gasteiger partial charge in [-0.3, -0.25) is 14.9 Å². The number of esters is 1. The number of carbonyl (C=O) groups excluding carboxylic acids is 2. The zero-order chi connectivity index (χ0) is 19.8. The van der Waals surface area contributed by atoms with Gasteiger partial charge in [0.25, 0.3) is 0 Å². The molecule has 144 valence electrons. The fraction of sp³-hybridized carbons (Fsp3) is 0.294. The number of ether oxygens (including phenoxy) is 2. The molecule has 8 nitrogen and oxygen atoms in total. The molecule has 0 radical (unpaired) electrons. The van der Waals surface area contributed by atoms with Crippen LogP contribution in [0, 0.1) is 10.1 Å². The maximum Gasteiger partial charge on any atom is 0.341 e. The molecule has 0 saturated carbocycles. The zero-order valence-corrected chi connectivity index (χ0v) is 16.4. The number of rotatable bonds is 9. The Morgan fingerprint density at radius 2 is 2.00 bits per heavy atom. The molecule has 2 rings (SSSR count). The molecule has 0 spiro atoms. The second-order valence-corrected chi connectivity index (χ2v) is 7.33. The number of nitrogens with one attached hydrogen (secondary N) is 1. The van der Waals surface area contributed by atoms with Gasteiger partial charge in [-0.2, -0.15) is 0 Å². The number of anilines is 1. The van der Waals surface area contributed by atoms with Gasteiger partial charge in [0.05, 0.1) is 18.6 Å². The van der Waals surface area contributed by atoms with Gasteiger partial charge in [0.15, 0.2) is 0 Å². The van der Waals surface area contributed by atoms with E-state index in [0.717, 1.165) is 28.0 Å². The van der Waals surface area contributed by atoms with E-state index in [1.807, 2.05) is 24.3 Å². The lowest BCUT2D eigenvalue weighted by atomic mass is 10.3. The first-order valence-electron chi connectivity index (χ1n) is 7.96. The fourth-order valence-electron chi connectivity index (χ4n) is 2.04. The molecule has 27 heavy (non-hydrogen) atoms. The number of hydrogen-bond donors (Lipinski definition) is 1. The Labute approximate surface area is 164 Å². The van der Waals surface area contributed by atoms with Gasteiger partial charge in [0.1, 0.15) is 16.3 Å². The molecule has 10 heteroatoms. The normalized spacial score (nSPS) is 10.3. The smallest absolute Gasteiger partial charge is 0.341 e. The first-order valence-corrected chi connectivity index (χ1v) is 9.76. The number of thioether (sulfide) groups is 1. The van der Waals surface area contributed by atoms with Crippen LogP contribution >= 0.6 is 23.1 Å². The van der Waals surface area contributed by atoms with Crippen molar-refractivity contribution in [3.05, 3.63) is 46.0 Å². The number of methoxy groups -OCH3 is 1. The summed E-state index contributed by atoms with van der Waals surface area (Å²) in [6.45, 7) is 1.77. The largest absolute Gasteiger partial charge is 0.497 e. The molecule has 0 aliphatic rings. The highest BCUT2D eigenvalue weighted by Crippen LogP contribution is 2.34. The molecule has 0 aliphatic heterocycles. The van der Waals surface area contributed by atoms with Crippen LogP contribution in [0.15, 0.2) is 35.2 Å². The van der Waals surface area contributed by atoms with Crippen LogP contribution in [-0.2, 0) is 9.53 Å². The molecule has 0 unspecified atom stereocenters. The van der Waals surface area contributed by atoms with Crippen molar-refractivity contribution in [2.45, 2.75) is 18.2 Å². The third-order valence-electron chi connectivity index (χ3n) is 3.30. The van der Waals surface area contributed by atoms with E-state index >= 15 is 0 Å². The average molecular weight is 410 g/mol. The van der Waals surface area contributed by atoms with Gasteiger partial charge in [-0.1, -0.05) is 0 Å². The van der Waals surface area contributed by atoms with E-state index in [2.05, 4.69) is 5.32 Å². The molecular weight excluding hydrogens is 392 g/mol. The second kappa shape index (κ2) is 9.93. The topological polar surface area (TPSA) is 108 Å². The first kappa shape index (κ1) is 20.7. The van der Waals surface area contributed by atoms with Gasteiger partial charge >= 0.3 is 11.0 Å². The third kappa shape index (κ3) is 5.97. The average Bonchev–Trinajstić information content (AvgIpc) is 3.06. The first-order chi connectivity index (χ1) is 12.9. The van der Waals surface area contributed by atoms with Crippen molar-refractivity contribution < 1.29 is 24.0 Å². The third-order valence-corrected chi connectivity index (χ3v) is 5.32. The predicted molar refractivity (Wildman–Crippen MR) is 104 cm³/mol.